The van der Waals surface area contributed by atoms with Gasteiger partial charge in [-0.3, -0.25) is 4.79 Å². The molecule has 4 nitrogen and oxygen atoms in total. The first kappa shape index (κ1) is 17.0. The Morgan fingerprint density at radius 1 is 1.36 bits per heavy atom. The van der Waals surface area contributed by atoms with Crippen LogP contribution >= 0.6 is 23.2 Å². The van der Waals surface area contributed by atoms with Crippen molar-refractivity contribution in [3.05, 3.63) is 44.4 Å². The van der Waals surface area contributed by atoms with Gasteiger partial charge < -0.3 is 9.47 Å². The number of benzene rings is 1. The lowest BCUT2D eigenvalue weighted by Crippen LogP contribution is -2.32. The predicted molar refractivity (Wildman–Crippen MR) is 103 cm³/mol. The molecule has 0 unspecified atom stereocenters. The minimum atomic E-state index is -0.108. The van der Waals surface area contributed by atoms with E-state index in [9.17, 15) is 4.79 Å². The molecule has 7 heteroatoms. The van der Waals surface area contributed by atoms with E-state index in [0.29, 0.717) is 33.9 Å². The first-order chi connectivity index (χ1) is 12.0. The van der Waals surface area contributed by atoms with Gasteiger partial charge in [0.1, 0.15) is 13.0 Å². The zero-order valence-corrected chi connectivity index (χ0v) is 15.5. The number of rotatable bonds is 4. The number of hydrogen-bond acceptors (Lipinski definition) is 3. The van der Waals surface area contributed by atoms with Crippen LogP contribution in [-0.2, 0) is 6.42 Å². The van der Waals surface area contributed by atoms with Gasteiger partial charge >= 0.3 is 0 Å². The van der Waals surface area contributed by atoms with Crippen LogP contribution in [0.2, 0.25) is 10.2 Å². The molecule has 0 bridgehead atoms. The zero-order chi connectivity index (χ0) is 17.7. The van der Waals surface area contributed by atoms with Crippen molar-refractivity contribution in [1.82, 2.24) is 9.55 Å². The van der Waals surface area contributed by atoms with Crippen molar-refractivity contribution in [3.63, 3.8) is 0 Å². The van der Waals surface area contributed by atoms with Gasteiger partial charge in [0, 0.05) is 18.8 Å². The maximum Gasteiger partial charge on any atom is 0.294 e. The summed E-state index contributed by atoms with van der Waals surface area (Å²) in [6.45, 7) is 2.75. The van der Waals surface area contributed by atoms with Gasteiger partial charge in [0.15, 0.2) is 0 Å². The highest BCUT2D eigenvalue weighted by molar-refractivity contribution is 6.38. The van der Waals surface area contributed by atoms with E-state index in [1.54, 1.807) is 16.8 Å². The zero-order valence-electron chi connectivity index (χ0n) is 14.0. The van der Waals surface area contributed by atoms with Crippen LogP contribution in [0, 0.1) is 5.92 Å². The number of anilines is 2. The number of halogens is 2. The van der Waals surface area contributed by atoms with Gasteiger partial charge in [0.2, 0.25) is 5.82 Å². The average Bonchev–Trinajstić information content (AvgIpc) is 3.30. The molecule has 2 heterocycles. The van der Waals surface area contributed by atoms with Crippen molar-refractivity contribution in [3.8, 4) is 0 Å². The minimum Gasteiger partial charge on any atom is -0.320 e. The van der Waals surface area contributed by atoms with E-state index in [0.717, 1.165) is 36.9 Å². The summed E-state index contributed by atoms with van der Waals surface area (Å²) in [6, 6.07) is 3.79. The Morgan fingerprint density at radius 2 is 2.12 bits per heavy atom. The number of fused-ring (bicyclic) bond motifs is 1. The molecule has 1 aromatic carbocycles. The molecule has 25 heavy (non-hydrogen) atoms. The average molecular weight is 374 g/mol. The topological polar surface area (TPSA) is 38.1 Å². The maximum absolute atomic E-state index is 13.2. The quantitative estimate of drug-likeness (QED) is 0.771. The molecular weight excluding hydrogens is 356 g/mol. The highest BCUT2D eigenvalue weighted by atomic mass is 35.5. The fraction of sp³-hybridized carbons (Fsp3) is 0.444. The third-order valence-corrected chi connectivity index (χ3v) is 5.59. The lowest BCUT2D eigenvalue weighted by Gasteiger charge is -2.23. The first-order valence-electron chi connectivity index (χ1n) is 8.63. The monoisotopic (exact) mass is 373 g/mol. The Kier molecular flexibility index (Phi) is 4.32. The van der Waals surface area contributed by atoms with Crippen molar-refractivity contribution in [2.45, 2.75) is 38.6 Å². The Bertz CT molecular complexity index is 895. The molecule has 128 valence electrons. The molecule has 1 fully saturated rings. The van der Waals surface area contributed by atoms with E-state index in [2.05, 4.69) is 11.9 Å². The summed E-state index contributed by atoms with van der Waals surface area (Å²) in [4.78, 5) is 19.4. The van der Waals surface area contributed by atoms with Gasteiger partial charge in [-0.15, -0.1) is 0 Å². The Balaban J connectivity index is 1.83. The molecule has 4 rings (SSSR count). The second-order valence-electron chi connectivity index (χ2n) is 6.82. The molecule has 1 aliphatic heterocycles. The van der Waals surface area contributed by atoms with E-state index in [-0.39, 0.29) is 11.6 Å². The van der Waals surface area contributed by atoms with Crippen molar-refractivity contribution in [2.24, 2.45) is 5.92 Å². The van der Waals surface area contributed by atoms with Gasteiger partial charge in [-0.2, -0.15) is 0 Å². The predicted octanol–water partition coefficient (Wildman–Crippen LogP) is 3.40. The van der Waals surface area contributed by atoms with Crippen LogP contribution in [0.3, 0.4) is 0 Å². The fourth-order valence-electron chi connectivity index (χ4n) is 3.86. The van der Waals surface area contributed by atoms with E-state index < -0.39 is 0 Å². The molecule has 0 amide bonds. The van der Waals surface area contributed by atoms with Crippen LogP contribution in [0.15, 0.2) is 23.1 Å². The third-order valence-electron chi connectivity index (χ3n) is 5.12. The van der Waals surface area contributed by atoms with Crippen molar-refractivity contribution >= 4 is 48.0 Å². The summed E-state index contributed by atoms with van der Waals surface area (Å²) in [5, 5.41) is 0.864. The number of aromatic nitrogens is 2. The molecule has 0 N–H and O–H groups in total. The van der Waals surface area contributed by atoms with Gasteiger partial charge in [0.05, 0.1) is 10.7 Å². The maximum atomic E-state index is 13.2. The molecule has 2 radical (unpaired) electrons. The van der Waals surface area contributed by atoms with Gasteiger partial charge in [-0.1, -0.05) is 41.7 Å². The molecule has 1 aliphatic carbocycles. The summed E-state index contributed by atoms with van der Waals surface area (Å²) < 4.78 is 1.77. The van der Waals surface area contributed by atoms with Crippen LogP contribution in [0.5, 0.6) is 0 Å². The van der Waals surface area contributed by atoms with Crippen molar-refractivity contribution in [1.29, 1.82) is 0 Å². The molecular formula is C18H18BCl2N3O. The summed E-state index contributed by atoms with van der Waals surface area (Å²) in [5.74, 6) is 0.903. The largest absolute Gasteiger partial charge is 0.320 e. The van der Waals surface area contributed by atoms with E-state index in [1.165, 1.54) is 0 Å². The standard InChI is InChI=1S/C18H18BCl2N3O/c1-2-14(10-3-4-10)24-9-15(21)22-17(18(24)25)23-6-5-11-7-12(19)8-13(20)16(11)23/h7-10,14H,2-6H2,1H3/t14-/m1/s1. The second kappa shape index (κ2) is 6.37. The highest BCUT2D eigenvalue weighted by Gasteiger charge is 2.34. The number of nitrogens with zero attached hydrogens (tertiary/aromatic N) is 3. The van der Waals surface area contributed by atoms with Crippen LogP contribution in [0.25, 0.3) is 0 Å². The molecule has 2 aromatic rings. The minimum absolute atomic E-state index is 0.108. The Morgan fingerprint density at radius 3 is 2.80 bits per heavy atom. The lowest BCUT2D eigenvalue weighted by atomic mass is 9.93. The summed E-state index contributed by atoms with van der Waals surface area (Å²) >= 11 is 12.7. The van der Waals surface area contributed by atoms with E-state index >= 15 is 0 Å². The normalized spacial score (nSPS) is 17.6. The fourth-order valence-corrected chi connectivity index (χ4v) is 4.39. The number of hydrogen-bond donors (Lipinski definition) is 0. The Labute approximate surface area is 158 Å². The lowest BCUT2D eigenvalue weighted by molar-refractivity contribution is 0.419. The van der Waals surface area contributed by atoms with Gasteiger partial charge in [-0.25, -0.2) is 4.98 Å². The molecule has 1 atom stereocenters. The smallest absolute Gasteiger partial charge is 0.294 e. The van der Waals surface area contributed by atoms with Gasteiger partial charge in [0.25, 0.3) is 5.56 Å². The van der Waals surface area contributed by atoms with Crippen LogP contribution < -0.4 is 15.9 Å². The Hall–Kier alpha value is -1.46. The van der Waals surface area contributed by atoms with Crippen LogP contribution in [0.1, 0.15) is 37.8 Å². The van der Waals surface area contributed by atoms with Crippen molar-refractivity contribution < 1.29 is 0 Å². The molecule has 1 saturated carbocycles. The third kappa shape index (κ3) is 2.98. The van der Waals surface area contributed by atoms with Crippen LogP contribution in [0.4, 0.5) is 11.5 Å². The van der Waals surface area contributed by atoms with Crippen molar-refractivity contribution in [2.75, 3.05) is 11.4 Å². The molecule has 2 aliphatic rings. The van der Waals surface area contributed by atoms with E-state index in [4.69, 9.17) is 31.0 Å². The highest BCUT2D eigenvalue weighted by Crippen LogP contribution is 2.42. The molecule has 1 aromatic heterocycles. The molecule has 0 saturated heterocycles. The summed E-state index contributed by atoms with van der Waals surface area (Å²) in [6.07, 6.45) is 5.67. The van der Waals surface area contributed by atoms with E-state index in [1.807, 2.05) is 11.0 Å². The SMILES string of the molecule is [B]c1cc(Cl)c2c(c1)CCN2c1nc(Cl)cn([C@H](CC)C2CC2)c1=O. The summed E-state index contributed by atoms with van der Waals surface area (Å²) in [5.41, 5.74) is 2.37. The second-order valence-corrected chi connectivity index (χ2v) is 7.62. The summed E-state index contributed by atoms with van der Waals surface area (Å²) in [7, 11) is 5.89. The first-order valence-corrected chi connectivity index (χ1v) is 9.39. The van der Waals surface area contributed by atoms with Gasteiger partial charge in [-0.05, 0) is 43.2 Å². The van der Waals surface area contributed by atoms with Crippen LogP contribution in [-0.4, -0.2) is 23.9 Å². The molecule has 0 spiro atoms.